The van der Waals surface area contributed by atoms with E-state index in [9.17, 15) is 8.42 Å². The van der Waals surface area contributed by atoms with Crippen molar-refractivity contribution in [2.45, 2.75) is 11.8 Å². The third kappa shape index (κ3) is 2.43. The lowest BCUT2D eigenvalue weighted by Gasteiger charge is -2.10. The van der Waals surface area contributed by atoms with Crippen LogP contribution in [0.5, 0.6) is 0 Å². The van der Waals surface area contributed by atoms with Gasteiger partial charge in [-0.2, -0.15) is 5.26 Å². The molecule has 6 heteroatoms. The molecule has 0 radical (unpaired) electrons. The normalized spacial score (nSPS) is 11.3. The summed E-state index contributed by atoms with van der Waals surface area (Å²) in [7, 11) is -3.75. The summed E-state index contributed by atoms with van der Waals surface area (Å²) in [6, 6.07) is 13.3. The molecular weight excluding hydrogens is 298 g/mol. The molecule has 22 heavy (non-hydrogen) atoms. The molecule has 1 aromatic heterocycles. The van der Waals surface area contributed by atoms with Gasteiger partial charge in [0.2, 0.25) is 0 Å². The summed E-state index contributed by atoms with van der Waals surface area (Å²) in [5, 5.41) is 9.86. The molecule has 0 aliphatic rings. The molecule has 0 spiro atoms. The van der Waals surface area contributed by atoms with Crippen LogP contribution in [-0.2, 0) is 10.0 Å². The summed E-state index contributed by atoms with van der Waals surface area (Å²) in [6.45, 7) is 1.96. The number of aromatic nitrogens is 1. The molecule has 0 aliphatic heterocycles. The molecule has 0 aliphatic carbocycles. The van der Waals surface area contributed by atoms with Crippen LogP contribution in [0.15, 0.2) is 53.6 Å². The summed E-state index contributed by atoms with van der Waals surface area (Å²) >= 11 is 0. The number of hydrogen-bond donors (Lipinski definition) is 2. The van der Waals surface area contributed by atoms with Gasteiger partial charge in [-0.25, -0.2) is 8.42 Å². The van der Waals surface area contributed by atoms with Crippen LogP contribution >= 0.6 is 0 Å². The predicted molar refractivity (Wildman–Crippen MR) is 85.0 cm³/mol. The largest absolute Gasteiger partial charge is 0.359 e. The number of nitrogens with zero attached hydrogens (tertiary/aromatic N) is 1. The topological polar surface area (TPSA) is 85.8 Å². The molecule has 2 aromatic carbocycles. The second-order valence-electron chi connectivity index (χ2n) is 4.94. The van der Waals surface area contributed by atoms with Crippen LogP contribution in [-0.4, -0.2) is 13.4 Å². The Morgan fingerprint density at radius 2 is 2.00 bits per heavy atom. The van der Waals surface area contributed by atoms with E-state index in [2.05, 4.69) is 9.71 Å². The third-order valence-corrected chi connectivity index (χ3v) is 4.82. The maximum atomic E-state index is 12.5. The number of fused-ring (bicyclic) bond motifs is 1. The highest BCUT2D eigenvalue weighted by molar-refractivity contribution is 7.92. The molecule has 110 valence electrons. The number of sulfonamides is 1. The molecule has 0 saturated carbocycles. The zero-order chi connectivity index (χ0) is 15.7. The number of anilines is 1. The van der Waals surface area contributed by atoms with Crippen molar-refractivity contribution in [3.05, 3.63) is 59.8 Å². The van der Waals surface area contributed by atoms with Gasteiger partial charge in [0, 0.05) is 11.6 Å². The monoisotopic (exact) mass is 311 g/mol. The summed E-state index contributed by atoms with van der Waals surface area (Å²) in [5.74, 6) is 0. The van der Waals surface area contributed by atoms with E-state index in [1.54, 1.807) is 24.4 Å². The van der Waals surface area contributed by atoms with Crippen molar-refractivity contribution >= 4 is 26.6 Å². The van der Waals surface area contributed by atoms with Crippen LogP contribution in [0.4, 0.5) is 5.69 Å². The van der Waals surface area contributed by atoms with Crippen molar-refractivity contribution in [2.24, 2.45) is 0 Å². The van der Waals surface area contributed by atoms with Crippen molar-refractivity contribution in [3.8, 4) is 6.07 Å². The highest BCUT2D eigenvalue weighted by Crippen LogP contribution is 2.27. The number of nitriles is 1. The molecule has 0 saturated heterocycles. The Labute approximate surface area is 128 Å². The van der Waals surface area contributed by atoms with E-state index in [1.807, 2.05) is 25.1 Å². The molecule has 0 atom stereocenters. The molecule has 0 amide bonds. The minimum absolute atomic E-state index is 0.0619. The van der Waals surface area contributed by atoms with Gasteiger partial charge in [-0.05, 0) is 42.8 Å². The SMILES string of the molecule is Cc1ccc(NS(=O)(=O)c2cccc(C#N)c2)c2[nH]ccc12. The average molecular weight is 311 g/mol. The van der Waals surface area contributed by atoms with E-state index < -0.39 is 10.0 Å². The first-order valence-corrected chi connectivity index (χ1v) is 8.09. The highest BCUT2D eigenvalue weighted by Gasteiger charge is 2.16. The van der Waals surface area contributed by atoms with E-state index in [0.29, 0.717) is 11.3 Å². The maximum absolute atomic E-state index is 12.5. The van der Waals surface area contributed by atoms with Crippen LogP contribution in [0.2, 0.25) is 0 Å². The van der Waals surface area contributed by atoms with Gasteiger partial charge in [0.15, 0.2) is 0 Å². The average Bonchev–Trinajstić information content (AvgIpc) is 3.01. The fraction of sp³-hybridized carbons (Fsp3) is 0.0625. The number of hydrogen-bond acceptors (Lipinski definition) is 3. The van der Waals surface area contributed by atoms with Gasteiger partial charge in [-0.3, -0.25) is 4.72 Å². The number of rotatable bonds is 3. The fourth-order valence-corrected chi connectivity index (χ4v) is 3.44. The Bertz CT molecular complexity index is 998. The van der Waals surface area contributed by atoms with Crippen molar-refractivity contribution < 1.29 is 8.42 Å². The van der Waals surface area contributed by atoms with E-state index in [4.69, 9.17) is 5.26 Å². The molecule has 2 N–H and O–H groups in total. The van der Waals surface area contributed by atoms with Crippen molar-refractivity contribution in [3.63, 3.8) is 0 Å². The Balaban J connectivity index is 2.05. The number of nitrogens with one attached hydrogen (secondary N) is 2. The van der Waals surface area contributed by atoms with E-state index in [0.717, 1.165) is 16.5 Å². The van der Waals surface area contributed by atoms with Crippen LogP contribution in [0.3, 0.4) is 0 Å². The Hall–Kier alpha value is -2.78. The van der Waals surface area contributed by atoms with Crippen molar-refractivity contribution in [2.75, 3.05) is 4.72 Å². The zero-order valence-electron chi connectivity index (χ0n) is 11.8. The number of aryl methyl sites for hydroxylation is 1. The standard InChI is InChI=1S/C16H13N3O2S/c1-11-5-6-15(16-14(11)7-8-18-16)19-22(20,21)13-4-2-3-12(9-13)10-17/h2-9,18-19H,1H3. The van der Waals surface area contributed by atoms with E-state index in [1.165, 1.54) is 12.1 Å². The highest BCUT2D eigenvalue weighted by atomic mass is 32.2. The minimum atomic E-state index is -3.75. The molecule has 3 aromatic rings. The van der Waals surface area contributed by atoms with Crippen LogP contribution in [0.1, 0.15) is 11.1 Å². The second kappa shape index (κ2) is 5.20. The molecule has 3 rings (SSSR count). The lowest BCUT2D eigenvalue weighted by molar-refractivity contribution is 0.601. The van der Waals surface area contributed by atoms with E-state index >= 15 is 0 Å². The quantitative estimate of drug-likeness (QED) is 0.779. The van der Waals surface area contributed by atoms with Crippen LogP contribution in [0, 0.1) is 18.3 Å². The van der Waals surface area contributed by atoms with Gasteiger partial charge < -0.3 is 4.98 Å². The molecule has 5 nitrogen and oxygen atoms in total. The zero-order valence-corrected chi connectivity index (χ0v) is 12.6. The van der Waals surface area contributed by atoms with Gasteiger partial charge in [-0.1, -0.05) is 12.1 Å². The number of benzene rings is 2. The summed E-state index contributed by atoms with van der Waals surface area (Å²) < 4.78 is 27.5. The Morgan fingerprint density at radius 3 is 2.77 bits per heavy atom. The summed E-state index contributed by atoms with van der Waals surface area (Å²) in [6.07, 6.45) is 1.77. The van der Waals surface area contributed by atoms with Gasteiger partial charge in [0.05, 0.1) is 27.7 Å². The first-order valence-electron chi connectivity index (χ1n) is 6.61. The van der Waals surface area contributed by atoms with Gasteiger partial charge in [0.25, 0.3) is 10.0 Å². The third-order valence-electron chi connectivity index (χ3n) is 3.46. The molecular formula is C16H13N3O2S. The molecule has 0 bridgehead atoms. The summed E-state index contributed by atoms with van der Waals surface area (Å²) in [5.41, 5.74) is 2.58. The fourth-order valence-electron chi connectivity index (χ4n) is 2.32. The Kier molecular flexibility index (Phi) is 3.35. The first-order chi connectivity index (χ1) is 10.5. The van der Waals surface area contributed by atoms with Gasteiger partial charge in [0.1, 0.15) is 0 Å². The second-order valence-corrected chi connectivity index (χ2v) is 6.62. The lowest BCUT2D eigenvalue weighted by atomic mass is 10.1. The van der Waals surface area contributed by atoms with Crippen molar-refractivity contribution in [1.29, 1.82) is 5.26 Å². The minimum Gasteiger partial charge on any atom is -0.359 e. The smallest absolute Gasteiger partial charge is 0.262 e. The van der Waals surface area contributed by atoms with Crippen LogP contribution in [0.25, 0.3) is 10.9 Å². The molecule has 0 fully saturated rings. The van der Waals surface area contributed by atoms with Gasteiger partial charge in [-0.15, -0.1) is 0 Å². The number of H-pyrrole nitrogens is 1. The summed E-state index contributed by atoms with van der Waals surface area (Å²) in [4.78, 5) is 3.11. The maximum Gasteiger partial charge on any atom is 0.262 e. The van der Waals surface area contributed by atoms with E-state index in [-0.39, 0.29) is 4.90 Å². The predicted octanol–water partition coefficient (Wildman–Crippen LogP) is 3.15. The molecule has 0 unspecified atom stereocenters. The van der Waals surface area contributed by atoms with Crippen molar-refractivity contribution in [1.82, 2.24) is 4.98 Å². The molecule has 1 heterocycles. The van der Waals surface area contributed by atoms with Gasteiger partial charge >= 0.3 is 0 Å². The Morgan fingerprint density at radius 1 is 1.18 bits per heavy atom. The lowest BCUT2D eigenvalue weighted by Crippen LogP contribution is -2.13. The van der Waals surface area contributed by atoms with Crippen LogP contribution < -0.4 is 4.72 Å². The first kappa shape index (κ1) is 14.2. The number of aromatic amines is 1.